The Morgan fingerprint density at radius 1 is 0.381 bits per heavy atom. The maximum atomic E-state index is 2.29. The molecule has 0 spiro atoms. The fourth-order valence-corrected chi connectivity index (χ4v) is 11.1. The van der Waals surface area contributed by atoms with Gasteiger partial charge in [0, 0.05) is 0 Å². The first kappa shape index (κ1) is 18.2. The molecule has 0 aliphatic carbocycles. The van der Waals surface area contributed by atoms with E-state index in [4.69, 9.17) is 0 Å². The molecule has 0 nitrogen and oxygen atoms in total. The number of hydrogen-bond donors (Lipinski definition) is 0. The Morgan fingerprint density at radius 3 is 0.857 bits per heavy atom. The summed E-state index contributed by atoms with van der Waals surface area (Å²) in [5, 5.41) is 0. The quantitative estimate of drug-likeness (QED) is 0.473. The zero-order valence-corrected chi connectivity index (χ0v) is 16.5. The van der Waals surface area contributed by atoms with Crippen LogP contribution in [-0.2, 0) is 0 Å². The Labute approximate surface area is 146 Å². The van der Waals surface area contributed by atoms with Gasteiger partial charge in [0.25, 0.3) is 0 Å². The second-order valence-corrected chi connectivity index (χ2v) is 13.0. The molecule has 0 saturated carbocycles. The average molecular weight is 513 g/mol. The molecule has 0 aromatic heterocycles. The number of rotatable bonds is 3. The summed E-state index contributed by atoms with van der Waals surface area (Å²) < 4.78 is 4.61. The summed E-state index contributed by atoms with van der Waals surface area (Å²) in [5.41, 5.74) is 0. The molecule has 108 valence electrons. The van der Waals surface area contributed by atoms with E-state index in [1.807, 2.05) is 0 Å². The van der Waals surface area contributed by atoms with Gasteiger partial charge in [-0.2, -0.15) is 0 Å². The molecule has 0 bridgehead atoms. The number of benzene rings is 3. The van der Waals surface area contributed by atoms with E-state index in [1.54, 1.807) is 0 Å². The molecule has 0 aliphatic heterocycles. The van der Waals surface area contributed by atoms with Gasteiger partial charge in [0.15, 0.2) is 0 Å². The molecule has 3 heteroatoms. The van der Waals surface area contributed by atoms with Gasteiger partial charge in [0.2, 0.25) is 0 Å². The third kappa shape index (κ3) is 4.55. The molecular weight excluding hydrogens is 496 g/mol. The van der Waals surface area contributed by atoms with Crippen molar-refractivity contribution in [2.24, 2.45) is 0 Å². The standard InChI is InChI=1S/3C6H5.Bi.2ClH/c3*1-2-4-6-5-3-1;;;/h3*1-5H;;2*1H. The minimum atomic E-state index is -2.06. The van der Waals surface area contributed by atoms with E-state index < -0.39 is 21.8 Å². The van der Waals surface area contributed by atoms with E-state index in [9.17, 15) is 0 Å². The molecule has 21 heavy (non-hydrogen) atoms. The Bertz CT molecular complexity index is 533. The zero-order valence-electron chi connectivity index (χ0n) is 11.4. The van der Waals surface area contributed by atoms with E-state index in [2.05, 4.69) is 91.0 Å². The van der Waals surface area contributed by atoms with Crippen LogP contribution in [0.25, 0.3) is 0 Å². The second kappa shape index (κ2) is 9.20. The molecule has 3 aromatic rings. The van der Waals surface area contributed by atoms with Crippen molar-refractivity contribution in [3.8, 4) is 0 Å². The molecule has 0 radical (unpaired) electrons. The van der Waals surface area contributed by atoms with E-state index in [1.165, 1.54) is 9.81 Å². The van der Waals surface area contributed by atoms with E-state index >= 15 is 0 Å². The van der Waals surface area contributed by atoms with Crippen LogP contribution < -0.4 is 9.81 Å². The summed E-state index contributed by atoms with van der Waals surface area (Å²) in [6, 6.07) is 33.0. The Morgan fingerprint density at radius 2 is 0.619 bits per heavy atom. The molecule has 0 heterocycles. The summed E-state index contributed by atoms with van der Waals surface area (Å²) in [5.74, 6) is 0. The van der Waals surface area contributed by atoms with Gasteiger partial charge < -0.3 is 0 Å². The molecule has 3 rings (SSSR count). The van der Waals surface area contributed by atoms with Crippen LogP contribution in [-0.4, -0.2) is 21.8 Å². The fourth-order valence-electron chi connectivity index (χ4n) is 2.18. The van der Waals surface area contributed by atoms with E-state index in [0.717, 1.165) is 0 Å². The Hall–Kier alpha value is -0.877. The molecule has 0 amide bonds. The molecular formula is C18H17BiCl2. The van der Waals surface area contributed by atoms with Gasteiger partial charge >= 0.3 is 123 Å². The summed E-state index contributed by atoms with van der Waals surface area (Å²) >= 11 is -2.06. The van der Waals surface area contributed by atoms with Gasteiger partial charge in [-0.15, -0.1) is 24.8 Å². The third-order valence-corrected chi connectivity index (χ3v) is 12.5. The molecule has 0 unspecified atom stereocenters. The number of halogens is 2. The predicted octanol–water partition coefficient (Wildman–Crippen LogP) is 3.05. The normalized spacial score (nSPS) is 9.57. The van der Waals surface area contributed by atoms with Crippen LogP contribution in [0.2, 0.25) is 0 Å². The van der Waals surface area contributed by atoms with Crippen molar-refractivity contribution in [1.29, 1.82) is 0 Å². The summed E-state index contributed by atoms with van der Waals surface area (Å²) in [6.45, 7) is 0. The van der Waals surface area contributed by atoms with Crippen molar-refractivity contribution in [2.45, 2.75) is 0 Å². The van der Waals surface area contributed by atoms with E-state index in [-0.39, 0.29) is 24.8 Å². The first-order chi connectivity index (χ1) is 9.45. The SMILES string of the molecule is Cl.Cl.c1cc[c]([Bi]([c]2ccccc2)[c]2ccccc2)cc1. The van der Waals surface area contributed by atoms with Crippen LogP contribution in [0.4, 0.5) is 0 Å². The third-order valence-electron chi connectivity index (χ3n) is 3.04. The second-order valence-electron chi connectivity index (χ2n) is 4.34. The zero-order chi connectivity index (χ0) is 12.9. The first-order valence-electron chi connectivity index (χ1n) is 6.40. The van der Waals surface area contributed by atoms with E-state index in [0.29, 0.717) is 0 Å². The molecule has 3 aromatic carbocycles. The maximum absolute atomic E-state index is 2.29. The van der Waals surface area contributed by atoms with Crippen molar-refractivity contribution in [2.75, 3.05) is 0 Å². The monoisotopic (exact) mass is 512 g/mol. The van der Waals surface area contributed by atoms with Crippen molar-refractivity contribution in [3.05, 3.63) is 91.0 Å². The predicted molar refractivity (Wildman–Crippen MR) is 98.5 cm³/mol. The molecule has 0 saturated heterocycles. The van der Waals surface area contributed by atoms with Gasteiger partial charge in [-0.1, -0.05) is 0 Å². The van der Waals surface area contributed by atoms with Gasteiger partial charge in [0.05, 0.1) is 0 Å². The van der Waals surface area contributed by atoms with Crippen molar-refractivity contribution in [1.82, 2.24) is 0 Å². The molecule has 0 atom stereocenters. The van der Waals surface area contributed by atoms with Crippen LogP contribution in [0.5, 0.6) is 0 Å². The Kier molecular flexibility index (Phi) is 7.96. The van der Waals surface area contributed by atoms with Gasteiger partial charge in [-0.05, 0) is 0 Å². The van der Waals surface area contributed by atoms with Crippen molar-refractivity contribution in [3.63, 3.8) is 0 Å². The van der Waals surface area contributed by atoms with Gasteiger partial charge in [-0.3, -0.25) is 0 Å². The van der Waals surface area contributed by atoms with Crippen LogP contribution in [0.3, 0.4) is 0 Å². The van der Waals surface area contributed by atoms with Crippen LogP contribution in [0, 0.1) is 0 Å². The summed E-state index contributed by atoms with van der Waals surface area (Å²) in [6.07, 6.45) is 0. The van der Waals surface area contributed by atoms with Crippen LogP contribution in [0.1, 0.15) is 0 Å². The van der Waals surface area contributed by atoms with Crippen LogP contribution in [0.15, 0.2) is 91.0 Å². The Balaban J connectivity index is 0.00000110. The number of hydrogen-bond acceptors (Lipinski definition) is 0. The average Bonchev–Trinajstić information content (AvgIpc) is 2.51. The topological polar surface area (TPSA) is 0 Å². The summed E-state index contributed by atoms with van der Waals surface area (Å²) in [7, 11) is 0. The van der Waals surface area contributed by atoms with Gasteiger partial charge in [0.1, 0.15) is 0 Å². The summed E-state index contributed by atoms with van der Waals surface area (Å²) in [4.78, 5) is 0. The minimum absolute atomic E-state index is 0. The molecule has 0 aliphatic rings. The van der Waals surface area contributed by atoms with Crippen molar-refractivity contribution < 1.29 is 0 Å². The molecule has 0 fully saturated rings. The van der Waals surface area contributed by atoms with Gasteiger partial charge in [-0.25, -0.2) is 0 Å². The molecule has 0 N–H and O–H groups in total. The fraction of sp³-hybridized carbons (Fsp3) is 0. The van der Waals surface area contributed by atoms with Crippen molar-refractivity contribution >= 4 is 56.4 Å². The van der Waals surface area contributed by atoms with Crippen LogP contribution >= 0.6 is 24.8 Å². The first-order valence-corrected chi connectivity index (χ1v) is 11.6.